The molecule has 7 heteroatoms. The van der Waals surface area contributed by atoms with Crippen LogP contribution in [0, 0.1) is 11.3 Å². The first-order chi connectivity index (χ1) is 11.9. The Morgan fingerprint density at radius 1 is 1.24 bits per heavy atom. The van der Waals surface area contributed by atoms with Crippen molar-refractivity contribution in [2.24, 2.45) is 0 Å². The molecule has 3 rings (SSSR count). The van der Waals surface area contributed by atoms with Crippen LogP contribution in [0.15, 0.2) is 41.3 Å². The lowest BCUT2D eigenvalue weighted by Crippen LogP contribution is -2.55. The van der Waals surface area contributed by atoms with E-state index in [9.17, 15) is 20.0 Å². The van der Waals surface area contributed by atoms with Crippen molar-refractivity contribution in [3.05, 3.63) is 63.6 Å². The molecule has 1 aliphatic rings. The second kappa shape index (κ2) is 6.32. The van der Waals surface area contributed by atoms with Gasteiger partial charge in [-0.05, 0) is 25.5 Å². The summed E-state index contributed by atoms with van der Waals surface area (Å²) in [6, 6.07) is 10.5. The van der Waals surface area contributed by atoms with Crippen molar-refractivity contribution in [1.82, 2.24) is 9.58 Å². The molecule has 7 nitrogen and oxygen atoms in total. The lowest BCUT2D eigenvalue weighted by molar-refractivity contribution is 0.0628. The van der Waals surface area contributed by atoms with Crippen LogP contribution in [0.5, 0.6) is 5.75 Å². The molecule has 0 radical (unpaired) electrons. The van der Waals surface area contributed by atoms with E-state index in [1.54, 1.807) is 17.0 Å². The lowest BCUT2D eigenvalue weighted by atomic mass is 10.1. The van der Waals surface area contributed by atoms with Crippen LogP contribution in [0.4, 0.5) is 0 Å². The van der Waals surface area contributed by atoms with Crippen LogP contribution >= 0.6 is 0 Å². The van der Waals surface area contributed by atoms with Gasteiger partial charge in [0.05, 0.1) is 18.2 Å². The number of nitrogens with zero attached hydrogens (tertiary/aromatic N) is 4. The van der Waals surface area contributed by atoms with Crippen molar-refractivity contribution < 1.29 is 9.90 Å². The highest BCUT2D eigenvalue weighted by Gasteiger charge is 2.33. The van der Waals surface area contributed by atoms with E-state index >= 15 is 0 Å². The Morgan fingerprint density at radius 3 is 2.64 bits per heavy atom. The van der Waals surface area contributed by atoms with Crippen molar-refractivity contribution in [2.45, 2.75) is 26.4 Å². The van der Waals surface area contributed by atoms with E-state index in [1.807, 2.05) is 31.0 Å². The minimum Gasteiger partial charge on any atom is -0.502 e. The Balaban J connectivity index is 2.10. The van der Waals surface area contributed by atoms with Crippen molar-refractivity contribution in [3.63, 3.8) is 0 Å². The van der Waals surface area contributed by atoms with E-state index in [0.29, 0.717) is 12.1 Å². The van der Waals surface area contributed by atoms with Crippen molar-refractivity contribution in [1.29, 1.82) is 5.26 Å². The fourth-order valence-electron chi connectivity index (χ4n) is 2.88. The minimum atomic E-state index is -0.595. The Labute approximate surface area is 144 Å². The average molecular weight is 338 g/mol. The van der Waals surface area contributed by atoms with E-state index in [-0.39, 0.29) is 18.4 Å². The van der Waals surface area contributed by atoms with Crippen LogP contribution in [0.3, 0.4) is 0 Å². The van der Waals surface area contributed by atoms with Crippen LogP contribution < -0.4 is 10.4 Å². The number of rotatable bonds is 3. The van der Waals surface area contributed by atoms with E-state index in [1.165, 1.54) is 16.9 Å². The number of fused-ring (bicyclic) bond motifs is 1. The zero-order chi connectivity index (χ0) is 18.1. The lowest BCUT2D eigenvalue weighted by Gasteiger charge is -2.41. The van der Waals surface area contributed by atoms with E-state index < -0.39 is 17.1 Å². The third kappa shape index (κ3) is 2.83. The van der Waals surface area contributed by atoms with Gasteiger partial charge in [0.2, 0.25) is 5.43 Å². The Kier molecular flexibility index (Phi) is 4.19. The van der Waals surface area contributed by atoms with Gasteiger partial charge in [-0.15, -0.1) is 0 Å². The largest absolute Gasteiger partial charge is 0.502 e. The summed E-state index contributed by atoms with van der Waals surface area (Å²) < 4.78 is 1.49. The maximum Gasteiger partial charge on any atom is 0.278 e. The minimum absolute atomic E-state index is 0.0538. The monoisotopic (exact) mass is 338 g/mol. The highest BCUT2D eigenvalue weighted by atomic mass is 16.3. The van der Waals surface area contributed by atoms with Gasteiger partial charge in [-0.25, -0.2) is 0 Å². The Morgan fingerprint density at radius 2 is 1.96 bits per heavy atom. The van der Waals surface area contributed by atoms with Crippen molar-refractivity contribution >= 4 is 5.91 Å². The summed E-state index contributed by atoms with van der Waals surface area (Å²) in [5, 5.41) is 21.2. The number of nitriles is 1. The van der Waals surface area contributed by atoms with Gasteiger partial charge in [0.1, 0.15) is 6.67 Å². The quantitative estimate of drug-likeness (QED) is 0.913. The smallest absolute Gasteiger partial charge is 0.278 e. The molecule has 0 unspecified atom stereocenters. The zero-order valence-corrected chi connectivity index (χ0v) is 14.0. The van der Waals surface area contributed by atoms with Gasteiger partial charge in [0, 0.05) is 18.3 Å². The predicted octanol–water partition coefficient (Wildman–Crippen LogP) is 1.39. The van der Waals surface area contributed by atoms with Crippen LogP contribution in [-0.4, -0.2) is 33.3 Å². The molecule has 0 bridgehead atoms. The molecule has 2 aromatic rings. The van der Waals surface area contributed by atoms with E-state index in [4.69, 9.17) is 0 Å². The number of hydrogen-bond donors (Lipinski definition) is 1. The number of carbonyl (C=O) groups is 1. The van der Waals surface area contributed by atoms with Crippen molar-refractivity contribution in [3.8, 4) is 11.8 Å². The Hall–Kier alpha value is -3.27. The van der Waals surface area contributed by atoms with E-state index in [0.717, 1.165) is 5.56 Å². The maximum absolute atomic E-state index is 12.7. The molecule has 1 aromatic carbocycles. The van der Waals surface area contributed by atoms with Crippen LogP contribution in [0.2, 0.25) is 0 Å². The third-order valence-electron chi connectivity index (χ3n) is 4.25. The molecular formula is C18H18N4O3. The van der Waals surface area contributed by atoms with Gasteiger partial charge in [0.15, 0.2) is 11.4 Å². The van der Waals surface area contributed by atoms with Gasteiger partial charge in [-0.2, -0.15) is 5.26 Å². The molecule has 128 valence electrons. The van der Waals surface area contributed by atoms with Gasteiger partial charge < -0.3 is 10.0 Å². The fourth-order valence-corrected chi connectivity index (χ4v) is 2.88. The first-order valence-corrected chi connectivity index (χ1v) is 7.93. The third-order valence-corrected chi connectivity index (χ3v) is 4.25. The van der Waals surface area contributed by atoms with Crippen LogP contribution in [0.25, 0.3) is 0 Å². The average Bonchev–Trinajstić information content (AvgIpc) is 2.60. The number of pyridine rings is 1. The first-order valence-electron chi connectivity index (χ1n) is 7.93. The topological polar surface area (TPSA) is 89.6 Å². The number of aromatic hydroxyl groups is 1. The first kappa shape index (κ1) is 16.6. The van der Waals surface area contributed by atoms with Crippen LogP contribution in [0.1, 0.15) is 35.5 Å². The zero-order valence-electron chi connectivity index (χ0n) is 14.0. The summed E-state index contributed by atoms with van der Waals surface area (Å²) in [5.41, 5.74) is 0.693. The molecule has 25 heavy (non-hydrogen) atoms. The number of carbonyl (C=O) groups excluding carboxylic acids is 1. The molecule has 1 aliphatic heterocycles. The predicted molar refractivity (Wildman–Crippen MR) is 91.6 cm³/mol. The summed E-state index contributed by atoms with van der Waals surface area (Å²) in [6.07, 6.45) is 1.47. The molecule has 0 saturated carbocycles. The number of benzene rings is 1. The van der Waals surface area contributed by atoms with Gasteiger partial charge in [-0.3, -0.25) is 19.3 Å². The highest BCUT2D eigenvalue weighted by molar-refractivity contribution is 5.96. The van der Waals surface area contributed by atoms with Gasteiger partial charge in [0.25, 0.3) is 5.91 Å². The second-order valence-corrected chi connectivity index (χ2v) is 6.17. The molecule has 0 saturated heterocycles. The molecular weight excluding hydrogens is 320 g/mol. The highest BCUT2D eigenvalue weighted by Crippen LogP contribution is 2.23. The summed E-state index contributed by atoms with van der Waals surface area (Å²) in [7, 11) is 0. The SMILES string of the molecule is CC(C)N1CN(Cc2ccccc2C#N)n2ccc(=O)c(O)c2C1=O. The normalized spacial score (nSPS) is 13.8. The summed E-state index contributed by atoms with van der Waals surface area (Å²) in [5.74, 6) is -0.952. The molecule has 0 fully saturated rings. The standard InChI is InChI=1S/C18H18N4O3/c1-12(2)21-11-20(10-14-6-4-3-5-13(14)9-19)22-8-7-15(23)17(24)16(22)18(21)25/h3-8,12,24H,10-11H2,1-2H3. The fraction of sp³-hybridized carbons (Fsp3) is 0.278. The molecule has 0 spiro atoms. The van der Waals surface area contributed by atoms with Gasteiger partial charge in [-0.1, -0.05) is 18.2 Å². The number of amides is 1. The van der Waals surface area contributed by atoms with Gasteiger partial charge >= 0.3 is 0 Å². The molecule has 1 aromatic heterocycles. The summed E-state index contributed by atoms with van der Waals surface area (Å²) >= 11 is 0. The second-order valence-electron chi connectivity index (χ2n) is 6.17. The molecule has 0 aliphatic carbocycles. The number of hydrogen-bond acceptors (Lipinski definition) is 5. The van der Waals surface area contributed by atoms with E-state index in [2.05, 4.69) is 6.07 Å². The summed E-state index contributed by atoms with van der Waals surface area (Å²) in [4.78, 5) is 26.0. The van der Waals surface area contributed by atoms with Crippen LogP contribution in [-0.2, 0) is 6.54 Å². The maximum atomic E-state index is 12.7. The molecule has 1 N–H and O–H groups in total. The summed E-state index contributed by atoms with van der Waals surface area (Å²) in [6.45, 7) is 4.38. The molecule has 0 atom stereocenters. The Bertz CT molecular complexity index is 927. The molecule has 1 amide bonds. The number of aromatic nitrogens is 1. The molecule has 2 heterocycles. The van der Waals surface area contributed by atoms with Crippen molar-refractivity contribution in [2.75, 3.05) is 11.7 Å².